The van der Waals surface area contributed by atoms with Gasteiger partial charge in [-0.3, -0.25) is 4.79 Å². The molecule has 0 unspecified atom stereocenters. The summed E-state index contributed by atoms with van der Waals surface area (Å²) in [6, 6.07) is 1.16. The van der Waals surface area contributed by atoms with E-state index in [1.54, 1.807) is 0 Å². The van der Waals surface area contributed by atoms with Gasteiger partial charge in [-0.25, -0.2) is 4.39 Å². The number of carbonyl (C=O) groups excluding carboxylic acids is 1. The second kappa shape index (κ2) is 4.00. The van der Waals surface area contributed by atoms with E-state index < -0.39 is 11.6 Å². The topological polar surface area (TPSA) is 55.8 Å². The normalized spacial score (nSPS) is 13.6. The zero-order chi connectivity index (χ0) is 11.7. The van der Waals surface area contributed by atoms with E-state index in [1.807, 2.05) is 0 Å². The predicted octanol–water partition coefficient (Wildman–Crippen LogP) is 1.43. The molecule has 0 amide bonds. The van der Waals surface area contributed by atoms with Crippen LogP contribution in [0.15, 0.2) is 6.07 Å². The Hall–Kier alpha value is -1.78. The molecule has 0 bridgehead atoms. The second-order valence-corrected chi connectivity index (χ2v) is 3.59. The van der Waals surface area contributed by atoms with Crippen molar-refractivity contribution in [3.05, 3.63) is 17.4 Å². The van der Waals surface area contributed by atoms with Gasteiger partial charge in [-0.2, -0.15) is 0 Å². The predicted molar refractivity (Wildman–Crippen MR) is 53.4 cm³/mol. The quantitative estimate of drug-likeness (QED) is 0.828. The van der Waals surface area contributed by atoms with Gasteiger partial charge in [0, 0.05) is 18.1 Å². The number of benzene rings is 1. The van der Waals surface area contributed by atoms with Crippen LogP contribution in [0.2, 0.25) is 0 Å². The van der Waals surface area contributed by atoms with Gasteiger partial charge in [0.25, 0.3) is 0 Å². The SMILES string of the molecule is CC(=O)Cc1c(F)c(O)cc2c1OCCO2. The molecule has 1 aromatic carbocycles. The van der Waals surface area contributed by atoms with Crippen molar-refractivity contribution in [2.75, 3.05) is 13.2 Å². The molecule has 1 N–H and O–H groups in total. The highest BCUT2D eigenvalue weighted by Gasteiger charge is 2.23. The first-order valence-corrected chi connectivity index (χ1v) is 4.89. The lowest BCUT2D eigenvalue weighted by Gasteiger charge is -2.21. The van der Waals surface area contributed by atoms with Crippen LogP contribution in [0.4, 0.5) is 4.39 Å². The number of rotatable bonds is 2. The number of fused-ring (bicyclic) bond motifs is 1. The summed E-state index contributed by atoms with van der Waals surface area (Å²) in [5.41, 5.74) is 0.0576. The van der Waals surface area contributed by atoms with E-state index in [2.05, 4.69) is 0 Å². The second-order valence-electron chi connectivity index (χ2n) is 3.59. The van der Waals surface area contributed by atoms with Crippen molar-refractivity contribution in [1.29, 1.82) is 0 Å². The van der Waals surface area contributed by atoms with Gasteiger partial charge in [0.1, 0.15) is 19.0 Å². The molecule has 0 atom stereocenters. The van der Waals surface area contributed by atoms with Crippen molar-refractivity contribution in [2.45, 2.75) is 13.3 Å². The van der Waals surface area contributed by atoms with E-state index in [0.717, 1.165) is 6.07 Å². The van der Waals surface area contributed by atoms with Crippen LogP contribution in [0.1, 0.15) is 12.5 Å². The zero-order valence-electron chi connectivity index (χ0n) is 8.75. The molecule has 4 nitrogen and oxygen atoms in total. The fourth-order valence-corrected chi connectivity index (χ4v) is 1.62. The first-order chi connectivity index (χ1) is 7.59. The summed E-state index contributed by atoms with van der Waals surface area (Å²) in [5, 5.41) is 9.35. The van der Waals surface area contributed by atoms with Crippen LogP contribution < -0.4 is 9.47 Å². The van der Waals surface area contributed by atoms with Gasteiger partial charge < -0.3 is 14.6 Å². The van der Waals surface area contributed by atoms with Crippen molar-refractivity contribution in [3.8, 4) is 17.2 Å². The molecule has 0 spiro atoms. The average Bonchev–Trinajstić information content (AvgIpc) is 2.24. The molecule has 2 rings (SSSR count). The van der Waals surface area contributed by atoms with Gasteiger partial charge in [0.15, 0.2) is 23.1 Å². The van der Waals surface area contributed by atoms with E-state index in [4.69, 9.17) is 9.47 Å². The molecule has 1 aliphatic rings. The highest BCUT2D eigenvalue weighted by Crippen LogP contribution is 2.40. The zero-order valence-corrected chi connectivity index (χ0v) is 8.75. The van der Waals surface area contributed by atoms with Crippen molar-refractivity contribution < 1.29 is 23.8 Å². The molecule has 0 aromatic heterocycles. The Kier molecular flexibility index (Phi) is 2.68. The van der Waals surface area contributed by atoms with Gasteiger partial charge in [0.05, 0.1) is 0 Å². The summed E-state index contributed by atoms with van der Waals surface area (Å²) in [5.74, 6) is -1.06. The average molecular weight is 226 g/mol. The molecule has 1 aromatic rings. The lowest BCUT2D eigenvalue weighted by molar-refractivity contribution is -0.116. The number of Topliss-reactive ketones (excluding diaryl/α,β-unsaturated/α-hetero) is 1. The number of ketones is 1. The van der Waals surface area contributed by atoms with Crippen LogP contribution in [0.25, 0.3) is 0 Å². The smallest absolute Gasteiger partial charge is 0.172 e. The number of phenolic OH excluding ortho intramolecular Hbond substituents is 1. The lowest BCUT2D eigenvalue weighted by atomic mass is 10.1. The summed E-state index contributed by atoms with van der Waals surface area (Å²) >= 11 is 0. The molecule has 0 saturated heterocycles. The number of phenols is 1. The van der Waals surface area contributed by atoms with E-state index in [-0.39, 0.29) is 29.3 Å². The highest BCUT2D eigenvalue weighted by atomic mass is 19.1. The Morgan fingerprint density at radius 1 is 1.50 bits per heavy atom. The molecule has 1 aliphatic heterocycles. The summed E-state index contributed by atoms with van der Waals surface area (Å²) < 4.78 is 24.1. The number of hydrogen-bond acceptors (Lipinski definition) is 4. The summed E-state index contributed by atoms with van der Waals surface area (Å²) in [6.45, 7) is 2.00. The molecule has 1 heterocycles. The first-order valence-electron chi connectivity index (χ1n) is 4.89. The molecule has 86 valence electrons. The first kappa shape index (κ1) is 10.7. The van der Waals surface area contributed by atoms with Gasteiger partial charge in [-0.1, -0.05) is 0 Å². The lowest BCUT2D eigenvalue weighted by Crippen LogP contribution is -2.18. The third kappa shape index (κ3) is 1.80. The fourth-order valence-electron chi connectivity index (χ4n) is 1.62. The number of halogens is 1. The Morgan fingerprint density at radius 3 is 2.88 bits per heavy atom. The van der Waals surface area contributed by atoms with Crippen molar-refractivity contribution in [2.24, 2.45) is 0 Å². The Balaban J connectivity index is 2.54. The standard InChI is InChI=1S/C11H11FO4/c1-6(13)4-7-10(12)8(14)5-9-11(7)16-3-2-15-9/h5,14H,2-4H2,1H3. The highest BCUT2D eigenvalue weighted by molar-refractivity contribution is 5.79. The van der Waals surface area contributed by atoms with E-state index in [9.17, 15) is 14.3 Å². The minimum Gasteiger partial charge on any atom is -0.505 e. The monoisotopic (exact) mass is 226 g/mol. The van der Waals surface area contributed by atoms with Gasteiger partial charge >= 0.3 is 0 Å². The largest absolute Gasteiger partial charge is 0.505 e. The maximum Gasteiger partial charge on any atom is 0.172 e. The number of hydrogen-bond donors (Lipinski definition) is 1. The Labute approximate surface area is 91.6 Å². The van der Waals surface area contributed by atoms with Crippen LogP contribution in [0.5, 0.6) is 17.2 Å². The number of aromatic hydroxyl groups is 1. The molecular weight excluding hydrogens is 215 g/mol. The summed E-state index contributed by atoms with van der Waals surface area (Å²) in [7, 11) is 0. The maximum atomic E-state index is 13.6. The number of ether oxygens (including phenoxy) is 2. The van der Waals surface area contributed by atoms with Gasteiger partial charge in [-0.15, -0.1) is 0 Å². The molecule has 0 radical (unpaired) electrons. The van der Waals surface area contributed by atoms with Crippen LogP contribution in [-0.4, -0.2) is 24.1 Å². The Morgan fingerprint density at radius 2 is 2.19 bits per heavy atom. The van der Waals surface area contributed by atoms with Crippen LogP contribution in [-0.2, 0) is 11.2 Å². The van der Waals surface area contributed by atoms with Crippen LogP contribution in [0, 0.1) is 5.82 Å². The minimum absolute atomic E-state index is 0.0576. The third-order valence-electron chi connectivity index (χ3n) is 2.27. The Bertz CT molecular complexity index is 442. The number of carbonyl (C=O) groups is 1. The van der Waals surface area contributed by atoms with Crippen LogP contribution in [0.3, 0.4) is 0 Å². The maximum absolute atomic E-state index is 13.6. The minimum atomic E-state index is -0.820. The van der Waals surface area contributed by atoms with Crippen molar-refractivity contribution in [1.82, 2.24) is 0 Å². The summed E-state index contributed by atoms with van der Waals surface area (Å²) in [6.07, 6.45) is -0.119. The van der Waals surface area contributed by atoms with Gasteiger partial charge in [0.2, 0.25) is 0 Å². The molecule has 0 aliphatic carbocycles. The van der Waals surface area contributed by atoms with Crippen molar-refractivity contribution >= 4 is 5.78 Å². The fraction of sp³-hybridized carbons (Fsp3) is 0.364. The summed E-state index contributed by atoms with van der Waals surface area (Å²) in [4.78, 5) is 11.0. The third-order valence-corrected chi connectivity index (χ3v) is 2.27. The van der Waals surface area contributed by atoms with E-state index in [1.165, 1.54) is 6.92 Å². The molecular formula is C11H11FO4. The molecule has 0 saturated carbocycles. The molecule has 0 fully saturated rings. The van der Waals surface area contributed by atoms with Gasteiger partial charge in [-0.05, 0) is 6.92 Å². The van der Waals surface area contributed by atoms with E-state index in [0.29, 0.717) is 13.2 Å². The molecule has 16 heavy (non-hydrogen) atoms. The molecule has 5 heteroatoms. The van der Waals surface area contributed by atoms with Crippen LogP contribution >= 0.6 is 0 Å². The van der Waals surface area contributed by atoms with E-state index >= 15 is 0 Å². The van der Waals surface area contributed by atoms with Crippen molar-refractivity contribution in [3.63, 3.8) is 0 Å².